The Hall–Kier alpha value is -2.46. The van der Waals surface area contributed by atoms with Gasteiger partial charge < -0.3 is 33.8 Å². The van der Waals surface area contributed by atoms with Gasteiger partial charge in [-0.25, -0.2) is 9.13 Å². The van der Waals surface area contributed by atoms with Crippen molar-refractivity contribution in [3.05, 3.63) is 24.3 Å². The molecule has 17 nitrogen and oxygen atoms in total. The number of rotatable bonds is 67. The van der Waals surface area contributed by atoms with E-state index in [4.69, 9.17) is 37.0 Å². The topological polar surface area (TPSA) is 237 Å². The summed E-state index contributed by atoms with van der Waals surface area (Å²) in [6.45, 7) is 7.06. The second-order valence-electron chi connectivity index (χ2n) is 24.7. The largest absolute Gasteiger partial charge is 0.472 e. The van der Waals surface area contributed by atoms with Gasteiger partial charge in [-0.15, -0.1) is 0 Å². The Kier molecular flexibility index (Phi) is 60.3. The molecule has 0 aromatic rings. The smallest absolute Gasteiger partial charge is 0.462 e. The molecule has 518 valence electrons. The lowest BCUT2D eigenvalue weighted by Crippen LogP contribution is -2.30. The van der Waals surface area contributed by atoms with E-state index in [2.05, 4.69) is 58.9 Å². The fraction of sp³-hybridized carbons (Fsp3) is 0.884. The molecule has 0 saturated carbocycles. The predicted molar refractivity (Wildman–Crippen MR) is 354 cm³/mol. The summed E-state index contributed by atoms with van der Waals surface area (Å²) in [6.07, 6.45) is 51.5. The van der Waals surface area contributed by atoms with Crippen LogP contribution in [0.2, 0.25) is 0 Å². The third-order valence-corrected chi connectivity index (χ3v) is 17.3. The number of aliphatic hydroxyl groups excluding tert-OH is 1. The quantitative estimate of drug-likeness (QED) is 0.0169. The zero-order valence-corrected chi connectivity index (χ0v) is 58.1. The molecule has 0 fully saturated rings. The first-order valence-corrected chi connectivity index (χ1v) is 38.4. The molecule has 0 aliphatic rings. The van der Waals surface area contributed by atoms with Crippen LogP contribution >= 0.6 is 15.6 Å². The van der Waals surface area contributed by atoms with E-state index in [-0.39, 0.29) is 25.7 Å². The number of carbonyl (C=O) groups excluding carboxylic acids is 4. The standard InChI is InChI=1S/C69H130O17P2/c1-6-9-12-15-17-18-19-20-25-29-32-35-39-43-48-53-67(72)80-59-65(86-69(74)55-50-45-40-36-33-30-27-24-22-21-23-26-28-31-34-38-42-46-51-62(4)5)61-84-88(77,78)82-57-63(70)56-81-87(75,76)83-60-64(58-79-66(71)52-47-41-14-11-8-3)85-68(73)54-49-44-37-16-13-10-7-2/h18-20,25,62-65,70H,6-17,21-24,26-61H2,1-5H3,(H,75,76)(H,77,78)/b19-18-,25-20-/t63-,64+,65+/m0/s1. The van der Waals surface area contributed by atoms with Crippen LogP contribution in [0.25, 0.3) is 0 Å². The van der Waals surface area contributed by atoms with Gasteiger partial charge in [-0.3, -0.25) is 37.3 Å². The highest BCUT2D eigenvalue weighted by atomic mass is 31.2. The first-order valence-electron chi connectivity index (χ1n) is 35.5. The van der Waals surface area contributed by atoms with Crippen LogP contribution in [0.3, 0.4) is 0 Å². The fourth-order valence-corrected chi connectivity index (χ4v) is 11.5. The minimum atomic E-state index is -4.95. The average Bonchev–Trinajstić information content (AvgIpc) is 3.53. The summed E-state index contributed by atoms with van der Waals surface area (Å²) in [7, 11) is -9.89. The van der Waals surface area contributed by atoms with E-state index in [1.165, 1.54) is 116 Å². The zero-order valence-electron chi connectivity index (χ0n) is 56.3. The Bertz CT molecular complexity index is 1800. The van der Waals surface area contributed by atoms with E-state index in [9.17, 15) is 43.2 Å². The van der Waals surface area contributed by atoms with E-state index in [1.54, 1.807) is 0 Å². The van der Waals surface area contributed by atoms with Gasteiger partial charge >= 0.3 is 39.5 Å². The molecule has 0 aliphatic heterocycles. The summed E-state index contributed by atoms with van der Waals surface area (Å²) in [5.41, 5.74) is 0. The van der Waals surface area contributed by atoms with E-state index < -0.39 is 97.5 Å². The number of unbranched alkanes of at least 4 members (excludes halogenated alkanes) is 36. The molecule has 2 unspecified atom stereocenters. The maximum atomic E-state index is 13.0. The van der Waals surface area contributed by atoms with Crippen LogP contribution in [-0.4, -0.2) is 96.7 Å². The first kappa shape index (κ1) is 85.5. The van der Waals surface area contributed by atoms with Crippen molar-refractivity contribution in [2.75, 3.05) is 39.6 Å². The molecule has 0 radical (unpaired) electrons. The molecule has 0 heterocycles. The maximum Gasteiger partial charge on any atom is 0.472 e. The molecular weight excluding hydrogens is 1160 g/mol. The summed E-state index contributed by atoms with van der Waals surface area (Å²) in [5, 5.41) is 10.5. The Morgan fingerprint density at radius 2 is 0.614 bits per heavy atom. The Morgan fingerprint density at radius 1 is 0.352 bits per heavy atom. The number of aliphatic hydroxyl groups is 1. The summed E-state index contributed by atoms with van der Waals surface area (Å²) in [6, 6.07) is 0. The zero-order chi connectivity index (χ0) is 64.9. The first-order chi connectivity index (χ1) is 42.5. The Morgan fingerprint density at radius 3 is 0.932 bits per heavy atom. The van der Waals surface area contributed by atoms with Crippen molar-refractivity contribution in [2.24, 2.45) is 5.92 Å². The highest BCUT2D eigenvalue weighted by molar-refractivity contribution is 7.47. The molecule has 0 spiro atoms. The molecule has 0 aliphatic carbocycles. The number of esters is 4. The van der Waals surface area contributed by atoms with Gasteiger partial charge in [0, 0.05) is 25.7 Å². The van der Waals surface area contributed by atoms with Crippen LogP contribution in [0.15, 0.2) is 24.3 Å². The molecule has 3 N–H and O–H groups in total. The Balaban J connectivity index is 5.12. The minimum absolute atomic E-state index is 0.101. The van der Waals surface area contributed by atoms with E-state index >= 15 is 0 Å². The number of phosphoric ester groups is 2. The van der Waals surface area contributed by atoms with Gasteiger partial charge in [-0.05, 0) is 57.3 Å². The van der Waals surface area contributed by atoms with Crippen molar-refractivity contribution >= 4 is 39.5 Å². The number of hydrogen-bond acceptors (Lipinski definition) is 15. The molecule has 5 atom stereocenters. The average molecular weight is 1290 g/mol. The molecule has 19 heteroatoms. The Labute approximate surface area is 535 Å². The van der Waals surface area contributed by atoms with Crippen molar-refractivity contribution in [2.45, 2.75) is 348 Å². The summed E-state index contributed by atoms with van der Waals surface area (Å²) >= 11 is 0. The third kappa shape index (κ3) is 62.4. The van der Waals surface area contributed by atoms with Crippen molar-refractivity contribution in [1.29, 1.82) is 0 Å². The summed E-state index contributed by atoms with van der Waals surface area (Å²) in [5.74, 6) is -1.35. The third-order valence-electron chi connectivity index (χ3n) is 15.4. The van der Waals surface area contributed by atoms with Crippen molar-refractivity contribution in [3.63, 3.8) is 0 Å². The number of phosphoric acid groups is 2. The van der Waals surface area contributed by atoms with E-state index in [0.29, 0.717) is 25.7 Å². The highest BCUT2D eigenvalue weighted by Crippen LogP contribution is 2.45. The lowest BCUT2D eigenvalue weighted by molar-refractivity contribution is -0.161. The van der Waals surface area contributed by atoms with Crippen molar-refractivity contribution < 1.29 is 80.2 Å². The molecule has 0 aromatic carbocycles. The maximum absolute atomic E-state index is 13.0. The molecule has 0 saturated heterocycles. The molecule has 0 rings (SSSR count). The number of allylic oxidation sites excluding steroid dienone is 4. The number of hydrogen-bond donors (Lipinski definition) is 3. The molecular formula is C69H130O17P2. The number of carbonyl (C=O) groups is 4. The van der Waals surface area contributed by atoms with E-state index in [0.717, 1.165) is 134 Å². The van der Waals surface area contributed by atoms with Gasteiger partial charge in [-0.2, -0.15) is 0 Å². The summed E-state index contributed by atoms with van der Waals surface area (Å²) < 4.78 is 67.8. The van der Waals surface area contributed by atoms with Crippen molar-refractivity contribution in [1.82, 2.24) is 0 Å². The van der Waals surface area contributed by atoms with Crippen LogP contribution < -0.4 is 0 Å². The summed E-state index contributed by atoms with van der Waals surface area (Å²) in [4.78, 5) is 72.0. The monoisotopic (exact) mass is 1290 g/mol. The number of ether oxygens (including phenoxy) is 4. The lowest BCUT2D eigenvalue weighted by atomic mass is 10.0. The van der Waals surface area contributed by atoms with Crippen LogP contribution in [0, 0.1) is 5.92 Å². The minimum Gasteiger partial charge on any atom is -0.462 e. The molecule has 0 amide bonds. The van der Waals surface area contributed by atoms with Crippen LogP contribution in [0.1, 0.15) is 330 Å². The fourth-order valence-electron chi connectivity index (χ4n) is 9.93. The predicted octanol–water partition coefficient (Wildman–Crippen LogP) is 19.3. The van der Waals surface area contributed by atoms with Crippen LogP contribution in [-0.2, 0) is 65.4 Å². The molecule has 88 heavy (non-hydrogen) atoms. The van der Waals surface area contributed by atoms with Gasteiger partial charge in [-0.1, -0.05) is 277 Å². The van der Waals surface area contributed by atoms with Gasteiger partial charge in [0.05, 0.1) is 26.4 Å². The second kappa shape index (κ2) is 62.0. The van der Waals surface area contributed by atoms with Crippen molar-refractivity contribution in [3.8, 4) is 0 Å². The normalized spacial score (nSPS) is 14.3. The molecule has 0 aromatic heterocycles. The second-order valence-corrected chi connectivity index (χ2v) is 27.6. The van der Waals surface area contributed by atoms with Gasteiger partial charge in [0.15, 0.2) is 12.2 Å². The van der Waals surface area contributed by atoms with Gasteiger partial charge in [0.1, 0.15) is 19.3 Å². The highest BCUT2D eigenvalue weighted by Gasteiger charge is 2.30. The van der Waals surface area contributed by atoms with Crippen LogP contribution in [0.5, 0.6) is 0 Å². The molecule has 0 bridgehead atoms. The lowest BCUT2D eigenvalue weighted by Gasteiger charge is -2.21. The SMILES string of the molecule is CCCCCC/C=C\C=C/CCCCCCCC(=O)OC[C@H](COP(=O)(O)OC[C@@H](O)COP(=O)(O)OC[C@@H](COC(=O)CCCCCCC)OC(=O)CCCCCCCCC)OC(=O)CCCCCCCCCCCCCCCCCCCCC(C)C. The van der Waals surface area contributed by atoms with E-state index in [1.807, 2.05) is 0 Å². The van der Waals surface area contributed by atoms with Gasteiger partial charge in [0.25, 0.3) is 0 Å². The van der Waals surface area contributed by atoms with Gasteiger partial charge in [0.2, 0.25) is 0 Å². The van der Waals surface area contributed by atoms with Crippen LogP contribution in [0.4, 0.5) is 0 Å².